The average molecular weight is 287 g/mol. The molecule has 0 aliphatic heterocycles. The largest absolute Gasteiger partial charge is 0.491 e. The Hall–Kier alpha value is -2.03. The highest BCUT2D eigenvalue weighted by molar-refractivity contribution is 5.57. The molecule has 0 spiro atoms. The molecule has 0 saturated heterocycles. The Labute approximate surface area is 126 Å². The van der Waals surface area contributed by atoms with E-state index in [4.69, 9.17) is 4.74 Å². The van der Waals surface area contributed by atoms with Gasteiger partial charge in [-0.2, -0.15) is 0 Å². The minimum Gasteiger partial charge on any atom is -0.491 e. The van der Waals surface area contributed by atoms with Crippen LogP contribution in [0.15, 0.2) is 48.5 Å². The number of hydrogen-bond donors (Lipinski definition) is 1. The van der Waals surface area contributed by atoms with Gasteiger partial charge in [0.1, 0.15) is 11.6 Å². The van der Waals surface area contributed by atoms with Crippen LogP contribution >= 0.6 is 0 Å². The van der Waals surface area contributed by atoms with E-state index in [1.165, 1.54) is 6.07 Å². The van der Waals surface area contributed by atoms with E-state index < -0.39 is 0 Å². The SMILES string of the molecule is CCCOc1ccccc1NC(CC)c1ccccc1F. The predicted octanol–water partition coefficient (Wildman–Crippen LogP) is 5.18. The molecule has 21 heavy (non-hydrogen) atoms. The molecule has 0 saturated carbocycles. The van der Waals surface area contributed by atoms with Gasteiger partial charge in [-0.15, -0.1) is 0 Å². The summed E-state index contributed by atoms with van der Waals surface area (Å²) in [6, 6.07) is 14.6. The molecule has 3 heteroatoms. The predicted molar refractivity (Wildman–Crippen MR) is 85.3 cm³/mol. The second kappa shape index (κ2) is 7.67. The van der Waals surface area contributed by atoms with Gasteiger partial charge in [0.2, 0.25) is 0 Å². The monoisotopic (exact) mass is 287 g/mol. The molecule has 2 aromatic rings. The topological polar surface area (TPSA) is 21.3 Å². The van der Waals surface area contributed by atoms with Gasteiger partial charge in [0.15, 0.2) is 0 Å². The second-order valence-corrected chi connectivity index (χ2v) is 4.97. The van der Waals surface area contributed by atoms with Crippen molar-refractivity contribution < 1.29 is 9.13 Å². The number of benzene rings is 2. The third kappa shape index (κ3) is 3.97. The first-order valence-electron chi connectivity index (χ1n) is 7.49. The molecule has 0 amide bonds. The van der Waals surface area contributed by atoms with Gasteiger partial charge in [-0.25, -0.2) is 4.39 Å². The van der Waals surface area contributed by atoms with Crippen LogP contribution < -0.4 is 10.1 Å². The maximum atomic E-state index is 14.0. The molecule has 2 rings (SSSR count). The van der Waals surface area contributed by atoms with Gasteiger partial charge in [0.25, 0.3) is 0 Å². The molecule has 0 aliphatic rings. The molecule has 0 fully saturated rings. The Morgan fingerprint density at radius 1 is 1.05 bits per heavy atom. The summed E-state index contributed by atoms with van der Waals surface area (Å²) in [6.07, 6.45) is 1.75. The molecular weight excluding hydrogens is 265 g/mol. The Bertz CT molecular complexity index is 571. The van der Waals surface area contributed by atoms with Crippen LogP contribution in [0.2, 0.25) is 0 Å². The van der Waals surface area contributed by atoms with Crippen molar-refractivity contribution >= 4 is 5.69 Å². The van der Waals surface area contributed by atoms with Gasteiger partial charge < -0.3 is 10.1 Å². The van der Waals surface area contributed by atoms with Crippen LogP contribution in [0.25, 0.3) is 0 Å². The quantitative estimate of drug-likeness (QED) is 0.757. The van der Waals surface area contributed by atoms with E-state index in [1.54, 1.807) is 6.07 Å². The van der Waals surface area contributed by atoms with E-state index in [2.05, 4.69) is 12.2 Å². The number of para-hydroxylation sites is 2. The normalized spacial score (nSPS) is 12.0. The van der Waals surface area contributed by atoms with Gasteiger partial charge >= 0.3 is 0 Å². The van der Waals surface area contributed by atoms with E-state index in [9.17, 15) is 4.39 Å². The van der Waals surface area contributed by atoms with Crippen LogP contribution in [0.4, 0.5) is 10.1 Å². The molecule has 1 unspecified atom stereocenters. The third-order valence-corrected chi connectivity index (χ3v) is 3.37. The lowest BCUT2D eigenvalue weighted by atomic mass is 10.0. The molecule has 112 valence electrons. The summed E-state index contributed by atoms with van der Waals surface area (Å²) < 4.78 is 19.7. The van der Waals surface area contributed by atoms with E-state index in [-0.39, 0.29) is 11.9 Å². The number of halogens is 1. The average Bonchev–Trinajstić information content (AvgIpc) is 2.52. The van der Waals surface area contributed by atoms with E-state index >= 15 is 0 Å². The first-order valence-corrected chi connectivity index (χ1v) is 7.49. The van der Waals surface area contributed by atoms with Gasteiger partial charge in [-0.3, -0.25) is 0 Å². The number of anilines is 1. The first-order chi connectivity index (χ1) is 10.3. The second-order valence-electron chi connectivity index (χ2n) is 4.97. The lowest BCUT2D eigenvalue weighted by molar-refractivity contribution is 0.318. The molecule has 2 nitrogen and oxygen atoms in total. The van der Waals surface area contributed by atoms with Gasteiger partial charge in [-0.1, -0.05) is 44.2 Å². The zero-order chi connectivity index (χ0) is 15.1. The van der Waals surface area contributed by atoms with Crippen molar-refractivity contribution in [1.82, 2.24) is 0 Å². The molecule has 0 bridgehead atoms. The number of nitrogens with one attached hydrogen (secondary N) is 1. The number of hydrogen-bond acceptors (Lipinski definition) is 2. The first kappa shape index (κ1) is 15.4. The minimum atomic E-state index is -0.177. The van der Waals surface area contributed by atoms with Crippen LogP contribution in [0.1, 0.15) is 38.3 Å². The van der Waals surface area contributed by atoms with Crippen molar-refractivity contribution in [3.8, 4) is 5.75 Å². The lowest BCUT2D eigenvalue weighted by Crippen LogP contribution is -2.12. The zero-order valence-corrected chi connectivity index (χ0v) is 12.6. The summed E-state index contributed by atoms with van der Waals surface area (Å²) in [7, 11) is 0. The number of ether oxygens (including phenoxy) is 1. The summed E-state index contributed by atoms with van der Waals surface area (Å²) in [5.74, 6) is 0.637. The summed E-state index contributed by atoms with van der Waals surface area (Å²) in [5.41, 5.74) is 1.59. The highest BCUT2D eigenvalue weighted by Gasteiger charge is 2.15. The smallest absolute Gasteiger partial charge is 0.142 e. The lowest BCUT2D eigenvalue weighted by Gasteiger charge is -2.21. The van der Waals surface area contributed by atoms with Crippen molar-refractivity contribution in [2.45, 2.75) is 32.7 Å². The van der Waals surface area contributed by atoms with E-state index in [1.807, 2.05) is 43.3 Å². The summed E-state index contributed by atoms with van der Waals surface area (Å²) in [4.78, 5) is 0. The van der Waals surface area contributed by atoms with Crippen molar-refractivity contribution in [1.29, 1.82) is 0 Å². The molecule has 0 aliphatic carbocycles. The molecule has 1 N–H and O–H groups in total. The number of rotatable bonds is 7. The van der Waals surface area contributed by atoms with Crippen LogP contribution in [0, 0.1) is 5.82 Å². The fraction of sp³-hybridized carbons (Fsp3) is 0.333. The fourth-order valence-corrected chi connectivity index (χ4v) is 2.27. The Kier molecular flexibility index (Phi) is 5.61. The van der Waals surface area contributed by atoms with Crippen molar-refractivity contribution in [3.05, 3.63) is 59.9 Å². The Balaban J connectivity index is 2.21. The third-order valence-electron chi connectivity index (χ3n) is 3.37. The van der Waals surface area contributed by atoms with Crippen molar-refractivity contribution in [2.75, 3.05) is 11.9 Å². The van der Waals surface area contributed by atoms with E-state index in [0.29, 0.717) is 12.2 Å². The maximum Gasteiger partial charge on any atom is 0.142 e. The minimum absolute atomic E-state index is 0.0717. The van der Waals surface area contributed by atoms with Crippen LogP contribution in [0.5, 0.6) is 5.75 Å². The van der Waals surface area contributed by atoms with Crippen LogP contribution in [-0.4, -0.2) is 6.61 Å². The highest BCUT2D eigenvalue weighted by Crippen LogP contribution is 2.30. The van der Waals surface area contributed by atoms with Crippen LogP contribution in [0.3, 0.4) is 0 Å². The zero-order valence-electron chi connectivity index (χ0n) is 12.6. The van der Waals surface area contributed by atoms with Crippen molar-refractivity contribution in [2.24, 2.45) is 0 Å². The van der Waals surface area contributed by atoms with E-state index in [0.717, 1.165) is 24.3 Å². The summed E-state index contributed by atoms with van der Waals surface area (Å²) >= 11 is 0. The molecule has 0 heterocycles. The van der Waals surface area contributed by atoms with Gasteiger partial charge in [-0.05, 0) is 31.0 Å². The summed E-state index contributed by atoms with van der Waals surface area (Å²) in [5, 5.41) is 3.40. The molecule has 2 aromatic carbocycles. The highest BCUT2D eigenvalue weighted by atomic mass is 19.1. The molecule has 0 aromatic heterocycles. The Morgan fingerprint density at radius 2 is 1.76 bits per heavy atom. The van der Waals surface area contributed by atoms with Gasteiger partial charge in [0.05, 0.1) is 18.3 Å². The Morgan fingerprint density at radius 3 is 2.48 bits per heavy atom. The van der Waals surface area contributed by atoms with Crippen molar-refractivity contribution in [3.63, 3.8) is 0 Å². The standard InChI is InChI=1S/C18H22FNO/c1-3-13-21-18-12-8-7-11-17(18)20-16(4-2)14-9-5-6-10-15(14)19/h5-12,16,20H,3-4,13H2,1-2H3. The molecular formula is C18H22FNO. The van der Waals surface area contributed by atoms with Crippen LogP contribution in [-0.2, 0) is 0 Å². The van der Waals surface area contributed by atoms with Gasteiger partial charge in [0, 0.05) is 5.56 Å². The fourth-order valence-electron chi connectivity index (χ4n) is 2.27. The summed E-state index contributed by atoms with van der Waals surface area (Å²) in [6.45, 7) is 4.79. The molecule has 0 radical (unpaired) electrons. The molecule has 1 atom stereocenters. The maximum absolute atomic E-state index is 14.0.